The summed E-state index contributed by atoms with van der Waals surface area (Å²) >= 11 is 4.75. The number of amides is 1. The van der Waals surface area contributed by atoms with Crippen molar-refractivity contribution in [1.29, 1.82) is 0 Å². The normalized spacial score (nSPS) is 10.7. The summed E-state index contributed by atoms with van der Waals surface area (Å²) in [6, 6.07) is 7.53. The molecule has 1 aromatic carbocycles. The third-order valence-corrected chi connectivity index (χ3v) is 4.38. The quantitative estimate of drug-likeness (QED) is 0.757. The van der Waals surface area contributed by atoms with Gasteiger partial charge in [-0.3, -0.25) is 9.89 Å². The molecule has 0 saturated heterocycles. The van der Waals surface area contributed by atoms with Crippen LogP contribution >= 0.6 is 27.3 Å². The first-order chi connectivity index (χ1) is 8.75. The Bertz CT molecular complexity index is 719. The lowest BCUT2D eigenvalue weighted by molar-refractivity contribution is 0.103. The SMILES string of the molecule is O=C(Nc1cccc2cn[nH]c12)c1sccc1Br. The molecular weight excluding hydrogens is 314 g/mol. The van der Waals surface area contributed by atoms with Crippen molar-refractivity contribution in [3.63, 3.8) is 0 Å². The lowest BCUT2D eigenvalue weighted by Gasteiger charge is -2.05. The standard InChI is InChI=1S/C12H8BrN3OS/c13-8-4-5-18-11(8)12(17)15-9-3-1-2-7-6-14-16-10(7)9/h1-6H,(H,14,16)(H,15,17). The van der Waals surface area contributed by atoms with Crippen molar-refractivity contribution >= 4 is 49.8 Å². The highest BCUT2D eigenvalue weighted by atomic mass is 79.9. The van der Waals surface area contributed by atoms with Gasteiger partial charge in [0.15, 0.2) is 0 Å². The van der Waals surface area contributed by atoms with E-state index in [9.17, 15) is 4.79 Å². The van der Waals surface area contributed by atoms with Crippen LogP contribution < -0.4 is 5.32 Å². The van der Waals surface area contributed by atoms with Crippen LogP contribution in [0.5, 0.6) is 0 Å². The van der Waals surface area contributed by atoms with Crippen molar-refractivity contribution in [3.8, 4) is 0 Å². The maximum Gasteiger partial charge on any atom is 0.266 e. The number of benzene rings is 1. The van der Waals surface area contributed by atoms with Gasteiger partial charge in [0.25, 0.3) is 5.91 Å². The fourth-order valence-corrected chi connectivity index (χ4v) is 3.15. The molecule has 0 spiro atoms. The number of aromatic nitrogens is 2. The average Bonchev–Trinajstić information content (AvgIpc) is 2.97. The van der Waals surface area contributed by atoms with Crippen LogP contribution in [0.1, 0.15) is 9.67 Å². The van der Waals surface area contributed by atoms with Crippen LogP contribution in [-0.4, -0.2) is 16.1 Å². The molecule has 0 aliphatic carbocycles. The number of fused-ring (bicyclic) bond motifs is 1. The molecule has 0 unspecified atom stereocenters. The number of thiophene rings is 1. The predicted octanol–water partition coefficient (Wildman–Crippen LogP) is 3.64. The van der Waals surface area contributed by atoms with Crippen LogP contribution in [0.25, 0.3) is 10.9 Å². The van der Waals surface area contributed by atoms with Crippen LogP contribution in [0, 0.1) is 0 Å². The molecule has 0 aliphatic heterocycles. The fraction of sp³-hybridized carbons (Fsp3) is 0. The van der Waals surface area contributed by atoms with Crippen LogP contribution in [-0.2, 0) is 0 Å². The summed E-state index contributed by atoms with van der Waals surface area (Å²) in [7, 11) is 0. The summed E-state index contributed by atoms with van der Waals surface area (Å²) in [6.45, 7) is 0. The fourth-order valence-electron chi connectivity index (χ4n) is 1.71. The van der Waals surface area contributed by atoms with Gasteiger partial charge in [-0.15, -0.1) is 11.3 Å². The molecule has 0 aliphatic rings. The molecule has 3 aromatic rings. The molecular formula is C12H8BrN3OS. The first-order valence-electron chi connectivity index (χ1n) is 5.22. The Labute approximate surface area is 115 Å². The van der Waals surface area contributed by atoms with E-state index in [1.165, 1.54) is 11.3 Å². The van der Waals surface area contributed by atoms with E-state index in [4.69, 9.17) is 0 Å². The van der Waals surface area contributed by atoms with Gasteiger partial charge in [0.1, 0.15) is 4.88 Å². The highest BCUT2D eigenvalue weighted by Gasteiger charge is 2.13. The van der Waals surface area contributed by atoms with Crippen molar-refractivity contribution in [2.45, 2.75) is 0 Å². The zero-order chi connectivity index (χ0) is 12.5. The van der Waals surface area contributed by atoms with E-state index in [2.05, 4.69) is 31.4 Å². The number of carbonyl (C=O) groups is 1. The zero-order valence-corrected chi connectivity index (χ0v) is 11.5. The Morgan fingerprint density at radius 3 is 3.06 bits per heavy atom. The second-order valence-electron chi connectivity index (χ2n) is 3.69. The number of aromatic amines is 1. The number of anilines is 1. The van der Waals surface area contributed by atoms with Crippen LogP contribution in [0.15, 0.2) is 40.3 Å². The van der Waals surface area contributed by atoms with E-state index < -0.39 is 0 Å². The Morgan fingerprint density at radius 1 is 1.39 bits per heavy atom. The topological polar surface area (TPSA) is 57.8 Å². The number of nitrogens with one attached hydrogen (secondary N) is 2. The molecule has 90 valence electrons. The van der Waals surface area contributed by atoms with Crippen LogP contribution in [0.4, 0.5) is 5.69 Å². The number of halogens is 1. The number of hydrogen-bond donors (Lipinski definition) is 2. The Hall–Kier alpha value is -1.66. The summed E-state index contributed by atoms with van der Waals surface area (Å²) < 4.78 is 0.807. The Balaban J connectivity index is 1.95. The molecule has 0 atom stereocenters. The average molecular weight is 322 g/mol. The summed E-state index contributed by atoms with van der Waals surface area (Å²) in [5.74, 6) is -0.126. The largest absolute Gasteiger partial charge is 0.319 e. The number of carbonyl (C=O) groups excluding carboxylic acids is 1. The second-order valence-corrected chi connectivity index (χ2v) is 5.46. The van der Waals surface area contributed by atoms with Gasteiger partial charge in [-0.1, -0.05) is 12.1 Å². The smallest absolute Gasteiger partial charge is 0.266 e. The monoisotopic (exact) mass is 321 g/mol. The molecule has 2 aromatic heterocycles. The molecule has 3 rings (SSSR count). The third kappa shape index (κ3) is 1.93. The van der Waals surface area contributed by atoms with Gasteiger partial charge in [-0.05, 0) is 33.4 Å². The molecule has 4 nitrogen and oxygen atoms in total. The van der Waals surface area contributed by atoms with Gasteiger partial charge < -0.3 is 5.32 Å². The minimum Gasteiger partial charge on any atom is -0.319 e. The van der Waals surface area contributed by atoms with Gasteiger partial charge >= 0.3 is 0 Å². The first kappa shape index (κ1) is 11.4. The second kappa shape index (κ2) is 4.55. The number of rotatable bonds is 2. The summed E-state index contributed by atoms with van der Waals surface area (Å²) in [6.07, 6.45) is 1.73. The lowest BCUT2D eigenvalue weighted by Crippen LogP contribution is -2.11. The molecule has 0 bridgehead atoms. The molecule has 0 saturated carbocycles. The third-order valence-electron chi connectivity index (χ3n) is 2.55. The molecule has 6 heteroatoms. The maximum absolute atomic E-state index is 12.1. The lowest BCUT2D eigenvalue weighted by atomic mass is 10.2. The summed E-state index contributed by atoms with van der Waals surface area (Å²) in [5.41, 5.74) is 1.56. The van der Waals surface area contributed by atoms with Crippen molar-refractivity contribution < 1.29 is 4.79 Å². The van der Waals surface area contributed by atoms with Crippen molar-refractivity contribution in [1.82, 2.24) is 10.2 Å². The molecule has 0 radical (unpaired) electrons. The maximum atomic E-state index is 12.1. The van der Waals surface area contributed by atoms with E-state index in [1.54, 1.807) is 6.20 Å². The van der Waals surface area contributed by atoms with Crippen molar-refractivity contribution in [3.05, 3.63) is 45.2 Å². The summed E-state index contributed by atoms with van der Waals surface area (Å²) in [4.78, 5) is 12.8. The van der Waals surface area contributed by atoms with Gasteiger partial charge in [-0.25, -0.2) is 0 Å². The highest BCUT2D eigenvalue weighted by molar-refractivity contribution is 9.10. The van der Waals surface area contributed by atoms with Gasteiger partial charge in [0.05, 0.1) is 17.4 Å². The number of nitrogens with zero attached hydrogens (tertiary/aromatic N) is 1. The molecule has 0 fully saturated rings. The van der Waals surface area contributed by atoms with Crippen LogP contribution in [0.3, 0.4) is 0 Å². The van der Waals surface area contributed by atoms with Crippen molar-refractivity contribution in [2.24, 2.45) is 0 Å². The van der Waals surface area contributed by atoms with Gasteiger partial charge in [0, 0.05) is 9.86 Å². The number of para-hydroxylation sites is 1. The van der Waals surface area contributed by atoms with E-state index in [0.29, 0.717) is 4.88 Å². The van der Waals surface area contributed by atoms with Crippen LogP contribution in [0.2, 0.25) is 0 Å². The minimum atomic E-state index is -0.126. The Kier molecular flexibility index (Phi) is 2.89. The number of H-pyrrole nitrogens is 1. The number of hydrogen-bond acceptors (Lipinski definition) is 3. The van der Waals surface area contributed by atoms with E-state index in [1.807, 2.05) is 29.6 Å². The molecule has 2 N–H and O–H groups in total. The van der Waals surface area contributed by atoms with E-state index in [0.717, 1.165) is 21.1 Å². The van der Waals surface area contributed by atoms with E-state index in [-0.39, 0.29) is 5.91 Å². The first-order valence-corrected chi connectivity index (χ1v) is 6.89. The Morgan fingerprint density at radius 2 is 2.28 bits per heavy atom. The van der Waals surface area contributed by atoms with Crippen molar-refractivity contribution in [2.75, 3.05) is 5.32 Å². The highest BCUT2D eigenvalue weighted by Crippen LogP contribution is 2.25. The molecule has 1 amide bonds. The van der Waals surface area contributed by atoms with Gasteiger partial charge in [0.2, 0.25) is 0 Å². The van der Waals surface area contributed by atoms with Gasteiger partial charge in [-0.2, -0.15) is 5.10 Å². The van der Waals surface area contributed by atoms with E-state index >= 15 is 0 Å². The zero-order valence-electron chi connectivity index (χ0n) is 9.11. The molecule has 2 heterocycles. The predicted molar refractivity (Wildman–Crippen MR) is 76.1 cm³/mol. The summed E-state index contributed by atoms with van der Waals surface area (Å²) in [5, 5.41) is 12.6. The minimum absolute atomic E-state index is 0.126. The molecule has 18 heavy (non-hydrogen) atoms.